The van der Waals surface area contributed by atoms with Crippen molar-refractivity contribution < 1.29 is 9.53 Å². The fourth-order valence-corrected chi connectivity index (χ4v) is 3.12. The number of hydrogen-bond donors (Lipinski definition) is 1. The minimum absolute atomic E-state index is 0.136. The van der Waals surface area contributed by atoms with Gasteiger partial charge in [-0.15, -0.1) is 12.3 Å². The van der Waals surface area contributed by atoms with Gasteiger partial charge >= 0.3 is 0 Å². The topological polar surface area (TPSA) is 75.9 Å². The lowest BCUT2D eigenvalue weighted by Gasteiger charge is -2.22. The Morgan fingerprint density at radius 3 is 2.84 bits per heavy atom. The number of carbonyl (C=O) groups is 1. The first-order chi connectivity index (χ1) is 12.2. The molecule has 1 amide bonds. The summed E-state index contributed by atoms with van der Waals surface area (Å²) >= 11 is 0. The van der Waals surface area contributed by atoms with Crippen LogP contribution in [0.3, 0.4) is 0 Å². The first kappa shape index (κ1) is 17.4. The zero-order valence-corrected chi connectivity index (χ0v) is 14.4. The van der Waals surface area contributed by atoms with Gasteiger partial charge in [-0.2, -0.15) is 10.2 Å². The average Bonchev–Trinajstić information content (AvgIpc) is 3.41. The molecule has 1 aliphatic carbocycles. The lowest BCUT2D eigenvalue weighted by atomic mass is 9.98. The van der Waals surface area contributed by atoms with Crippen molar-refractivity contribution >= 4 is 5.91 Å². The van der Waals surface area contributed by atoms with Crippen molar-refractivity contribution in [1.29, 1.82) is 0 Å². The van der Waals surface area contributed by atoms with Gasteiger partial charge in [-0.05, 0) is 31.7 Å². The predicted octanol–water partition coefficient (Wildman–Crippen LogP) is 3.49. The molecule has 0 spiro atoms. The van der Waals surface area contributed by atoms with E-state index in [0.29, 0.717) is 30.8 Å². The molecule has 1 aliphatic heterocycles. The number of carbonyl (C=O) groups excluding carboxylic acids is 1. The summed E-state index contributed by atoms with van der Waals surface area (Å²) in [5, 5.41) is 11.0. The van der Waals surface area contributed by atoms with E-state index in [1.54, 1.807) is 18.3 Å². The van der Waals surface area contributed by atoms with E-state index < -0.39 is 0 Å². The number of rotatable bonds is 8. The van der Waals surface area contributed by atoms with Gasteiger partial charge < -0.3 is 10.1 Å². The van der Waals surface area contributed by atoms with E-state index in [4.69, 9.17) is 11.2 Å². The van der Waals surface area contributed by atoms with Gasteiger partial charge in [-0.1, -0.05) is 6.42 Å². The highest BCUT2D eigenvalue weighted by Crippen LogP contribution is 2.36. The number of amides is 1. The summed E-state index contributed by atoms with van der Waals surface area (Å²) in [7, 11) is 0. The van der Waals surface area contributed by atoms with Gasteiger partial charge in [0.1, 0.15) is 6.10 Å². The van der Waals surface area contributed by atoms with Crippen LogP contribution in [0.1, 0.15) is 61.7 Å². The standard InChI is InChI=1S/C19H24N4O2/c1-2-3-10-19(22-23-19)11-13-21-18(24)15-9-12-20-17(14-15)25-16-7-5-4-6-8-16/h1,9,12,14,16H,3-8,10-11,13H2,(H,21,24). The molecule has 0 saturated heterocycles. The average molecular weight is 340 g/mol. The molecule has 0 unspecified atom stereocenters. The molecule has 0 radical (unpaired) electrons. The molecule has 2 heterocycles. The molecule has 1 aromatic rings. The van der Waals surface area contributed by atoms with Crippen molar-refractivity contribution in [2.24, 2.45) is 10.2 Å². The SMILES string of the molecule is C#CCCC1(CCNC(=O)c2ccnc(OC3CCCCC3)c2)N=N1. The molecule has 6 nitrogen and oxygen atoms in total. The summed E-state index contributed by atoms with van der Waals surface area (Å²) in [4.78, 5) is 16.5. The van der Waals surface area contributed by atoms with Crippen molar-refractivity contribution in [2.75, 3.05) is 6.54 Å². The van der Waals surface area contributed by atoms with Crippen molar-refractivity contribution in [3.05, 3.63) is 23.9 Å². The molecule has 0 aromatic carbocycles. The fraction of sp³-hybridized carbons (Fsp3) is 0.579. The van der Waals surface area contributed by atoms with Crippen LogP contribution in [-0.2, 0) is 0 Å². The van der Waals surface area contributed by atoms with Crippen LogP contribution in [0.25, 0.3) is 0 Å². The molecule has 1 fully saturated rings. The second-order valence-electron chi connectivity index (χ2n) is 6.65. The van der Waals surface area contributed by atoms with E-state index in [0.717, 1.165) is 19.3 Å². The Labute approximate surface area is 148 Å². The smallest absolute Gasteiger partial charge is 0.251 e. The second-order valence-corrected chi connectivity index (χ2v) is 6.65. The maximum absolute atomic E-state index is 12.3. The molecular formula is C19H24N4O2. The third-order valence-corrected chi connectivity index (χ3v) is 4.70. The number of nitrogens with zero attached hydrogens (tertiary/aromatic N) is 3. The molecule has 6 heteroatoms. The van der Waals surface area contributed by atoms with Crippen molar-refractivity contribution in [1.82, 2.24) is 10.3 Å². The fourth-order valence-electron chi connectivity index (χ4n) is 3.12. The third kappa shape index (κ3) is 5.02. The number of aromatic nitrogens is 1. The van der Waals surface area contributed by atoms with Crippen molar-refractivity contribution in [3.63, 3.8) is 0 Å². The molecule has 25 heavy (non-hydrogen) atoms. The van der Waals surface area contributed by atoms with Crippen LogP contribution in [0.4, 0.5) is 0 Å². The molecular weight excluding hydrogens is 316 g/mol. The summed E-state index contributed by atoms with van der Waals surface area (Å²) in [5.74, 6) is 2.99. The zero-order valence-electron chi connectivity index (χ0n) is 14.4. The van der Waals surface area contributed by atoms with Crippen LogP contribution < -0.4 is 10.1 Å². The number of nitrogens with one attached hydrogen (secondary N) is 1. The normalized spacial score (nSPS) is 18.4. The van der Waals surface area contributed by atoms with Gasteiger partial charge in [0.25, 0.3) is 5.91 Å². The molecule has 1 N–H and O–H groups in total. The second kappa shape index (κ2) is 8.11. The number of ether oxygens (including phenoxy) is 1. The van der Waals surface area contributed by atoms with Crippen LogP contribution in [0.2, 0.25) is 0 Å². The minimum atomic E-state index is -0.368. The molecule has 1 saturated carbocycles. The van der Waals surface area contributed by atoms with Gasteiger partial charge in [-0.3, -0.25) is 4.79 Å². The first-order valence-electron chi connectivity index (χ1n) is 8.99. The van der Waals surface area contributed by atoms with Crippen LogP contribution in [-0.4, -0.2) is 29.2 Å². The molecule has 0 atom stereocenters. The van der Waals surface area contributed by atoms with E-state index in [-0.39, 0.29) is 17.7 Å². The van der Waals surface area contributed by atoms with Crippen LogP contribution in [0.5, 0.6) is 5.88 Å². The van der Waals surface area contributed by atoms with Gasteiger partial charge in [0.2, 0.25) is 5.88 Å². The lowest BCUT2D eigenvalue weighted by Crippen LogP contribution is -2.28. The molecule has 132 valence electrons. The van der Waals surface area contributed by atoms with E-state index in [2.05, 4.69) is 26.4 Å². The quantitative estimate of drug-likeness (QED) is 0.736. The Balaban J connectivity index is 1.47. The summed E-state index contributed by atoms with van der Waals surface area (Å²) in [5.41, 5.74) is 0.191. The summed E-state index contributed by atoms with van der Waals surface area (Å²) in [6.07, 6.45) is 15.0. The number of pyridine rings is 1. The van der Waals surface area contributed by atoms with Crippen molar-refractivity contribution in [2.45, 2.75) is 63.1 Å². The monoisotopic (exact) mass is 340 g/mol. The molecule has 3 rings (SSSR count). The van der Waals surface area contributed by atoms with E-state index in [1.807, 2.05) is 0 Å². The third-order valence-electron chi connectivity index (χ3n) is 4.70. The zero-order chi connectivity index (χ0) is 17.5. The maximum Gasteiger partial charge on any atom is 0.251 e. The number of terminal acetylenes is 1. The van der Waals surface area contributed by atoms with Gasteiger partial charge in [0.05, 0.1) is 0 Å². The van der Waals surface area contributed by atoms with E-state index in [1.165, 1.54) is 19.3 Å². The Morgan fingerprint density at radius 2 is 2.12 bits per heavy atom. The van der Waals surface area contributed by atoms with Crippen LogP contribution >= 0.6 is 0 Å². The highest BCUT2D eigenvalue weighted by molar-refractivity contribution is 5.94. The molecule has 2 aliphatic rings. The van der Waals surface area contributed by atoms with Gasteiger partial charge in [-0.25, -0.2) is 4.98 Å². The Morgan fingerprint density at radius 1 is 1.32 bits per heavy atom. The largest absolute Gasteiger partial charge is 0.474 e. The van der Waals surface area contributed by atoms with E-state index >= 15 is 0 Å². The van der Waals surface area contributed by atoms with Gasteiger partial charge in [0.15, 0.2) is 5.66 Å². The Hall–Kier alpha value is -2.42. The van der Waals surface area contributed by atoms with Crippen LogP contribution in [0.15, 0.2) is 28.6 Å². The number of hydrogen-bond acceptors (Lipinski definition) is 5. The summed E-state index contributed by atoms with van der Waals surface area (Å²) < 4.78 is 5.92. The van der Waals surface area contributed by atoms with E-state index in [9.17, 15) is 4.79 Å². The Bertz CT molecular complexity index is 668. The van der Waals surface area contributed by atoms with Gasteiger partial charge in [0, 0.05) is 43.6 Å². The molecule has 0 bridgehead atoms. The first-order valence-corrected chi connectivity index (χ1v) is 8.99. The lowest BCUT2D eigenvalue weighted by molar-refractivity contribution is 0.0950. The maximum atomic E-state index is 12.3. The summed E-state index contributed by atoms with van der Waals surface area (Å²) in [6.45, 7) is 0.511. The summed E-state index contributed by atoms with van der Waals surface area (Å²) in [6, 6.07) is 3.41. The van der Waals surface area contributed by atoms with Crippen molar-refractivity contribution in [3.8, 4) is 18.2 Å². The molecule has 1 aromatic heterocycles. The highest BCUT2D eigenvalue weighted by Gasteiger charge is 2.38. The Kier molecular flexibility index (Phi) is 5.64. The minimum Gasteiger partial charge on any atom is -0.474 e. The highest BCUT2D eigenvalue weighted by atomic mass is 16.5. The van der Waals surface area contributed by atoms with Crippen LogP contribution in [0, 0.1) is 12.3 Å². The predicted molar refractivity (Wildman–Crippen MR) is 94.3 cm³/mol.